The third-order valence-corrected chi connectivity index (χ3v) is 2.43. The maximum absolute atomic E-state index is 4.67. The van der Waals surface area contributed by atoms with Crippen LogP contribution in [0, 0.1) is 0 Å². The summed E-state index contributed by atoms with van der Waals surface area (Å²) in [5.74, 6) is 0. The van der Waals surface area contributed by atoms with Crippen molar-refractivity contribution in [2.75, 3.05) is 13.1 Å². The van der Waals surface area contributed by atoms with Gasteiger partial charge in [-0.05, 0) is 26.9 Å². The Bertz CT molecular complexity index is 137. The molecule has 1 fully saturated rings. The minimum atomic E-state index is 0. The average molecular weight is 355 g/mol. The maximum Gasteiger partial charge on any atom is 0.00379 e. The Hall–Kier alpha value is 0.582. The molecule has 0 spiro atoms. The normalized spacial score (nSPS) is 24.0. The van der Waals surface area contributed by atoms with E-state index in [1.165, 1.54) is 19.5 Å². The molecule has 1 atom stereocenters. The molecule has 0 N–H and O–H groups in total. The number of hydrogen-bond acceptors (Lipinski definition) is 1. The van der Waals surface area contributed by atoms with Gasteiger partial charge in [-0.25, -0.2) is 0 Å². The van der Waals surface area contributed by atoms with Crippen molar-refractivity contribution >= 4 is 0 Å². The second-order valence-electron chi connectivity index (χ2n) is 4.27. The molecule has 1 aliphatic rings. The van der Waals surface area contributed by atoms with Crippen LogP contribution in [0.1, 0.15) is 34.1 Å². The monoisotopic (exact) mass is 356 g/mol. The second kappa shape index (κ2) is 6.14. The Morgan fingerprint density at radius 1 is 1.23 bits per heavy atom. The molecule has 1 rings (SSSR count). The third-order valence-electron chi connectivity index (χ3n) is 2.43. The number of rotatable bonds is 3. The van der Waals surface area contributed by atoms with Crippen molar-refractivity contribution in [1.29, 1.82) is 0 Å². The van der Waals surface area contributed by atoms with E-state index < -0.39 is 0 Å². The largest absolute Gasteiger partial charge is 0.656 e. The molecule has 3 heteroatoms. The van der Waals surface area contributed by atoms with Gasteiger partial charge in [0.25, 0.3) is 0 Å². The fourth-order valence-electron chi connectivity index (χ4n) is 1.78. The molecule has 2 nitrogen and oxygen atoms in total. The van der Waals surface area contributed by atoms with Crippen molar-refractivity contribution in [2.24, 2.45) is 0 Å². The predicted octanol–water partition coefficient (Wildman–Crippen LogP) is 2.25. The first-order valence-corrected chi connectivity index (χ1v) is 5.03. The van der Waals surface area contributed by atoms with E-state index in [0.29, 0.717) is 18.1 Å². The van der Waals surface area contributed by atoms with E-state index in [1.54, 1.807) is 0 Å². The van der Waals surface area contributed by atoms with Crippen molar-refractivity contribution < 1.29 is 20.4 Å². The van der Waals surface area contributed by atoms with Crippen molar-refractivity contribution in [1.82, 2.24) is 4.90 Å². The summed E-state index contributed by atoms with van der Waals surface area (Å²) in [6.07, 6.45) is 1.26. The molecular formula is C10H21N2Re-. The van der Waals surface area contributed by atoms with Gasteiger partial charge < -0.3 is 10.2 Å². The fourth-order valence-corrected chi connectivity index (χ4v) is 1.78. The van der Waals surface area contributed by atoms with Crippen LogP contribution in [0.15, 0.2) is 0 Å². The summed E-state index contributed by atoms with van der Waals surface area (Å²) in [6, 6.07) is 1.80. The molecule has 79 valence electrons. The molecule has 0 aromatic heterocycles. The predicted molar refractivity (Wildman–Crippen MR) is 53.6 cm³/mol. The Labute approximate surface area is 96.1 Å². The van der Waals surface area contributed by atoms with Gasteiger partial charge in [-0.15, -0.1) is 12.1 Å². The quantitative estimate of drug-likeness (QED) is 0.759. The standard InChI is InChI=1S/C10H21N2.Re/c1-8(2)11-10-5-6-12(7-10)9(3)4;/h8-10H,5-7H2,1-4H3;/q-1;. The fraction of sp³-hybridized carbons (Fsp3) is 1.00. The SMILES string of the molecule is CC(C)[N-]C1CCN(C(C)C)C1.[Re]. The van der Waals surface area contributed by atoms with Gasteiger partial charge in [-0.2, -0.15) is 0 Å². The van der Waals surface area contributed by atoms with Gasteiger partial charge in [0.1, 0.15) is 0 Å². The summed E-state index contributed by atoms with van der Waals surface area (Å²) in [7, 11) is 0. The van der Waals surface area contributed by atoms with E-state index in [-0.39, 0.29) is 20.4 Å². The Morgan fingerprint density at radius 3 is 2.23 bits per heavy atom. The minimum absolute atomic E-state index is 0. The minimum Gasteiger partial charge on any atom is -0.656 e. The van der Waals surface area contributed by atoms with Crippen LogP contribution in [-0.2, 0) is 20.4 Å². The van der Waals surface area contributed by atoms with E-state index in [0.717, 1.165) is 0 Å². The molecule has 1 unspecified atom stereocenters. The molecule has 1 radical (unpaired) electrons. The van der Waals surface area contributed by atoms with Crippen LogP contribution in [-0.4, -0.2) is 36.1 Å². The zero-order valence-corrected chi connectivity index (χ0v) is 11.8. The van der Waals surface area contributed by atoms with Crippen LogP contribution in [0.4, 0.5) is 0 Å². The first-order chi connectivity index (χ1) is 5.59. The molecule has 0 aromatic carbocycles. The van der Waals surface area contributed by atoms with E-state index >= 15 is 0 Å². The van der Waals surface area contributed by atoms with Crippen LogP contribution >= 0.6 is 0 Å². The molecule has 13 heavy (non-hydrogen) atoms. The summed E-state index contributed by atoms with van der Waals surface area (Å²) in [5, 5.41) is 4.67. The van der Waals surface area contributed by atoms with E-state index in [9.17, 15) is 0 Å². The van der Waals surface area contributed by atoms with Crippen LogP contribution in [0.2, 0.25) is 0 Å². The van der Waals surface area contributed by atoms with Gasteiger partial charge in [-0.1, -0.05) is 20.3 Å². The number of likely N-dealkylation sites (tertiary alicyclic amines) is 1. The van der Waals surface area contributed by atoms with Gasteiger partial charge in [0, 0.05) is 26.5 Å². The summed E-state index contributed by atoms with van der Waals surface area (Å²) in [5.41, 5.74) is 0. The summed E-state index contributed by atoms with van der Waals surface area (Å²) in [4.78, 5) is 2.51. The Balaban J connectivity index is 0.00000144. The molecule has 0 saturated carbocycles. The zero-order chi connectivity index (χ0) is 9.14. The smallest absolute Gasteiger partial charge is 0.00379 e. The second-order valence-corrected chi connectivity index (χ2v) is 4.27. The van der Waals surface area contributed by atoms with Crippen molar-refractivity contribution in [2.45, 2.75) is 52.2 Å². The Morgan fingerprint density at radius 2 is 1.85 bits per heavy atom. The van der Waals surface area contributed by atoms with Crippen LogP contribution in [0.25, 0.3) is 5.32 Å². The van der Waals surface area contributed by atoms with Gasteiger partial charge in [0.05, 0.1) is 0 Å². The number of hydrogen-bond donors (Lipinski definition) is 0. The molecule has 1 heterocycles. The van der Waals surface area contributed by atoms with Gasteiger partial charge in [-0.3, -0.25) is 0 Å². The third kappa shape index (κ3) is 4.56. The van der Waals surface area contributed by atoms with Crippen molar-refractivity contribution in [3.05, 3.63) is 5.32 Å². The van der Waals surface area contributed by atoms with E-state index in [2.05, 4.69) is 37.9 Å². The molecule has 0 aliphatic carbocycles. The van der Waals surface area contributed by atoms with Crippen molar-refractivity contribution in [3.63, 3.8) is 0 Å². The Kier molecular flexibility index (Phi) is 6.41. The van der Waals surface area contributed by atoms with Crippen LogP contribution in [0.5, 0.6) is 0 Å². The van der Waals surface area contributed by atoms with E-state index in [4.69, 9.17) is 0 Å². The topological polar surface area (TPSA) is 17.3 Å². The first-order valence-electron chi connectivity index (χ1n) is 5.03. The van der Waals surface area contributed by atoms with Gasteiger partial charge in [0.2, 0.25) is 0 Å². The molecule has 0 amide bonds. The van der Waals surface area contributed by atoms with Gasteiger partial charge in [0.15, 0.2) is 0 Å². The molecule has 0 aromatic rings. The van der Waals surface area contributed by atoms with Crippen LogP contribution in [0.3, 0.4) is 0 Å². The van der Waals surface area contributed by atoms with E-state index in [1.807, 2.05) is 0 Å². The summed E-state index contributed by atoms with van der Waals surface area (Å²) < 4.78 is 0. The summed E-state index contributed by atoms with van der Waals surface area (Å²) >= 11 is 0. The average Bonchev–Trinajstić information content (AvgIpc) is 2.34. The molecular weight excluding hydrogens is 334 g/mol. The summed E-state index contributed by atoms with van der Waals surface area (Å²) in [6.45, 7) is 11.3. The first kappa shape index (κ1) is 13.6. The van der Waals surface area contributed by atoms with Crippen LogP contribution < -0.4 is 0 Å². The molecule has 0 bridgehead atoms. The number of nitrogens with zero attached hydrogens (tertiary/aromatic N) is 2. The van der Waals surface area contributed by atoms with Gasteiger partial charge >= 0.3 is 0 Å². The molecule has 1 saturated heterocycles. The van der Waals surface area contributed by atoms with Crippen molar-refractivity contribution in [3.8, 4) is 0 Å². The molecule has 1 aliphatic heterocycles. The zero-order valence-electron chi connectivity index (χ0n) is 9.13. The maximum atomic E-state index is 4.67.